The maximum Gasteiger partial charge on any atom is 0.226 e. The van der Waals surface area contributed by atoms with Gasteiger partial charge in [-0.15, -0.1) is 0 Å². The van der Waals surface area contributed by atoms with Gasteiger partial charge in [0.05, 0.1) is 6.42 Å². The van der Waals surface area contributed by atoms with E-state index < -0.39 is 0 Å². The molecule has 0 bridgehead atoms. The zero-order chi connectivity index (χ0) is 14.0. The Labute approximate surface area is 121 Å². The predicted octanol–water partition coefficient (Wildman–Crippen LogP) is 2.17. The van der Waals surface area contributed by atoms with Crippen LogP contribution in [0.2, 0.25) is 0 Å². The summed E-state index contributed by atoms with van der Waals surface area (Å²) < 4.78 is 0. The summed E-state index contributed by atoms with van der Waals surface area (Å²) in [6, 6.07) is 10.1. The Kier molecular flexibility index (Phi) is 3.79. The van der Waals surface area contributed by atoms with Crippen LogP contribution in [0.15, 0.2) is 30.3 Å². The van der Waals surface area contributed by atoms with E-state index in [1.807, 2.05) is 30.3 Å². The first kappa shape index (κ1) is 13.6. The molecule has 1 aromatic rings. The number of likely N-dealkylation sites (tertiary alicyclic amines) is 2. The Hall–Kier alpha value is -1.35. The van der Waals surface area contributed by atoms with Crippen LogP contribution >= 0.6 is 0 Å². The van der Waals surface area contributed by atoms with Crippen LogP contribution in [0, 0.1) is 5.41 Å². The molecule has 2 aliphatic rings. The highest BCUT2D eigenvalue weighted by Crippen LogP contribution is 2.39. The van der Waals surface area contributed by atoms with Crippen molar-refractivity contribution in [2.24, 2.45) is 5.41 Å². The van der Waals surface area contributed by atoms with E-state index in [2.05, 4.69) is 16.8 Å². The third kappa shape index (κ3) is 2.88. The van der Waals surface area contributed by atoms with E-state index in [4.69, 9.17) is 0 Å². The van der Waals surface area contributed by atoms with Crippen molar-refractivity contribution in [3.8, 4) is 0 Å². The molecule has 2 aliphatic heterocycles. The van der Waals surface area contributed by atoms with Gasteiger partial charge < -0.3 is 9.80 Å². The molecule has 3 heteroatoms. The van der Waals surface area contributed by atoms with Gasteiger partial charge in [-0.25, -0.2) is 0 Å². The molecule has 0 aromatic heterocycles. The Bertz CT molecular complexity index is 463. The van der Waals surface area contributed by atoms with Gasteiger partial charge in [0, 0.05) is 19.6 Å². The molecule has 1 amide bonds. The molecular formula is C17H24N2O. The van der Waals surface area contributed by atoms with E-state index in [1.54, 1.807) is 0 Å². The second-order valence-corrected chi connectivity index (χ2v) is 6.53. The van der Waals surface area contributed by atoms with E-state index in [9.17, 15) is 4.79 Å². The van der Waals surface area contributed by atoms with Crippen LogP contribution in [0.4, 0.5) is 0 Å². The van der Waals surface area contributed by atoms with Crippen molar-refractivity contribution in [1.29, 1.82) is 0 Å². The van der Waals surface area contributed by atoms with Crippen molar-refractivity contribution in [2.45, 2.75) is 25.7 Å². The number of rotatable bonds is 2. The standard InChI is InChI=1S/C17H24N2O/c1-18-10-7-17(14-18)8-11-19(12-9-17)16(20)13-15-5-3-2-4-6-15/h2-6H,7-14H2,1H3. The molecule has 0 aliphatic carbocycles. The van der Waals surface area contributed by atoms with Crippen LogP contribution in [0.1, 0.15) is 24.8 Å². The molecule has 3 nitrogen and oxygen atoms in total. The molecular weight excluding hydrogens is 248 g/mol. The van der Waals surface area contributed by atoms with Gasteiger partial charge in [-0.2, -0.15) is 0 Å². The van der Waals surface area contributed by atoms with Gasteiger partial charge in [0.25, 0.3) is 0 Å². The Balaban J connectivity index is 1.54. The number of hydrogen-bond donors (Lipinski definition) is 0. The van der Waals surface area contributed by atoms with E-state index >= 15 is 0 Å². The summed E-state index contributed by atoms with van der Waals surface area (Å²) in [4.78, 5) is 16.8. The highest BCUT2D eigenvalue weighted by molar-refractivity contribution is 5.78. The highest BCUT2D eigenvalue weighted by atomic mass is 16.2. The predicted molar refractivity (Wildman–Crippen MR) is 80.5 cm³/mol. The third-order valence-corrected chi connectivity index (χ3v) is 5.00. The fraction of sp³-hybridized carbons (Fsp3) is 0.588. The topological polar surface area (TPSA) is 23.6 Å². The van der Waals surface area contributed by atoms with Gasteiger partial charge in [0.1, 0.15) is 0 Å². The lowest BCUT2D eigenvalue weighted by Crippen LogP contribution is -2.44. The van der Waals surface area contributed by atoms with Gasteiger partial charge in [0.2, 0.25) is 5.91 Å². The molecule has 0 N–H and O–H groups in total. The normalized spacial score (nSPS) is 22.4. The van der Waals surface area contributed by atoms with Gasteiger partial charge in [-0.1, -0.05) is 30.3 Å². The van der Waals surface area contributed by atoms with Crippen LogP contribution < -0.4 is 0 Å². The molecule has 1 aromatic carbocycles. The first-order valence-electron chi connectivity index (χ1n) is 7.67. The van der Waals surface area contributed by atoms with Crippen molar-refractivity contribution in [2.75, 3.05) is 33.2 Å². The fourth-order valence-corrected chi connectivity index (χ4v) is 3.68. The lowest BCUT2D eigenvalue weighted by molar-refractivity contribution is -0.132. The number of hydrogen-bond acceptors (Lipinski definition) is 2. The number of benzene rings is 1. The maximum absolute atomic E-state index is 12.4. The number of carbonyl (C=O) groups excluding carboxylic acids is 1. The first-order chi connectivity index (χ1) is 9.67. The summed E-state index contributed by atoms with van der Waals surface area (Å²) in [5.74, 6) is 0.289. The van der Waals surface area contributed by atoms with Crippen LogP contribution in [0.3, 0.4) is 0 Å². The lowest BCUT2D eigenvalue weighted by atomic mass is 9.77. The lowest BCUT2D eigenvalue weighted by Gasteiger charge is -2.39. The van der Waals surface area contributed by atoms with Crippen LogP contribution in [0.25, 0.3) is 0 Å². The fourth-order valence-electron chi connectivity index (χ4n) is 3.68. The molecule has 1 spiro atoms. The summed E-state index contributed by atoms with van der Waals surface area (Å²) in [5.41, 5.74) is 1.62. The summed E-state index contributed by atoms with van der Waals surface area (Å²) in [5, 5.41) is 0. The van der Waals surface area contributed by atoms with Crippen LogP contribution in [-0.4, -0.2) is 48.9 Å². The average molecular weight is 272 g/mol. The first-order valence-corrected chi connectivity index (χ1v) is 7.67. The molecule has 2 fully saturated rings. The number of carbonyl (C=O) groups is 1. The van der Waals surface area contributed by atoms with Crippen LogP contribution in [0.5, 0.6) is 0 Å². The molecule has 0 unspecified atom stereocenters. The second-order valence-electron chi connectivity index (χ2n) is 6.53. The van der Waals surface area contributed by atoms with Gasteiger partial charge in [-0.05, 0) is 43.8 Å². The minimum absolute atomic E-state index is 0.289. The Morgan fingerprint density at radius 2 is 1.75 bits per heavy atom. The van der Waals surface area contributed by atoms with Gasteiger partial charge in [-0.3, -0.25) is 4.79 Å². The van der Waals surface area contributed by atoms with Crippen molar-refractivity contribution in [3.05, 3.63) is 35.9 Å². The summed E-state index contributed by atoms with van der Waals surface area (Å²) in [6.45, 7) is 4.32. The zero-order valence-electron chi connectivity index (χ0n) is 12.3. The molecule has 2 heterocycles. The summed E-state index contributed by atoms with van der Waals surface area (Å²) in [7, 11) is 2.21. The molecule has 0 atom stereocenters. The minimum Gasteiger partial charge on any atom is -0.342 e. The average Bonchev–Trinajstić information content (AvgIpc) is 2.81. The summed E-state index contributed by atoms with van der Waals surface area (Å²) in [6.07, 6.45) is 4.22. The molecule has 20 heavy (non-hydrogen) atoms. The Morgan fingerprint density at radius 3 is 2.35 bits per heavy atom. The SMILES string of the molecule is CN1CCC2(CCN(C(=O)Cc3ccccc3)CC2)C1. The molecule has 2 saturated heterocycles. The molecule has 108 valence electrons. The van der Waals surface area contributed by atoms with E-state index in [-0.39, 0.29) is 5.91 Å². The van der Waals surface area contributed by atoms with Crippen LogP contribution in [-0.2, 0) is 11.2 Å². The van der Waals surface area contributed by atoms with Crippen molar-refractivity contribution in [3.63, 3.8) is 0 Å². The monoisotopic (exact) mass is 272 g/mol. The largest absolute Gasteiger partial charge is 0.342 e. The quantitative estimate of drug-likeness (QED) is 0.824. The van der Waals surface area contributed by atoms with Gasteiger partial charge in [0.15, 0.2) is 0 Å². The van der Waals surface area contributed by atoms with E-state index in [0.29, 0.717) is 11.8 Å². The number of piperidine rings is 1. The second kappa shape index (κ2) is 5.57. The van der Waals surface area contributed by atoms with Crippen molar-refractivity contribution in [1.82, 2.24) is 9.80 Å². The van der Waals surface area contributed by atoms with E-state index in [0.717, 1.165) is 18.7 Å². The van der Waals surface area contributed by atoms with Crippen molar-refractivity contribution >= 4 is 5.91 Å². The molecule has 3 rings (SSSR count). The minimum atomic E-state index is 0.289. The van der Waals surface area contributed by atoms with Crippen molar-refractivity contribution < 1.29 is 4.79 Å². The number of nitrogens with zero attached hydrogens (tertiary/aromatic N) is 2. The van der Waals surface area contributed by atoms with Gasteiger partial charge >= 0.3 is 0 Å². The highest BCUT2D eigenvalue weighted by Gasteiger charge is 2.39. The molecule has 0 saturated carbocycles. The maximum atomic E-state index is 12.4. The van der Waals surface area contributed by atoms with E-state index in [1.165, 1.54) is 32.4 Å². The smallest absolute Gasteiger partial charge is 0.226 e. The zero-order valence-corrected chi connectivity index (χ0v) is 12.3. The number of amides is 1. The summed E-state index contributed by atoms with van der Waals surface area (Å²) >= 11 is 0. The third-order valence-electron chi connectivity index (χ3n) is 5.00. The molecule has 0 radical (unpaired) electrons. The Morgan fingerprint density at radius 1 is 1.10 bits per heavy atom.